The lowest BCUT2D eigenvalue weighted by atomic mass is 10.1. The normalized spacial score (nSPS) is 11.3. The van der Waals surface area contributed by atoms with E-state index < -0.39 is 17.3 Å². The smallest absolute Gasteiger partial charge is 0.330 e. The number of nitrogens with zero attached hydrogens (tertiary/aromatic N) is 2. The molecule has 5 nitrogen and oxygen atoms in total. The number of hydrogen-bond acceptors (Lipinski definition) is 4. The molecule has 0 amide bonds. The van der Waals surface area contributed by atoms with Gasteiger partial charge >= 0.3 is 5.97 Å². The van der Waals surface area contributed by atoms with Crippen LogP contribution in [0.25, 0.3) is 22.7 Å². The standard InChI is InChI=1S/C22H21FN2O3/c1-5-28-18(26)12-10-16-9-11-17-19(20(16)23)22(27)25(15(4)24-17)21-13(2)7-6-8-14(21)3/h6-12H,5H2,1-4H3/b12-10+. The van der Waals surface area contributed by atoms with Gasteiger partial charge < -0.3 is 4.74 Å². The van der Waals surface area contributed by atoms with Gasteiger partial charge in [0.15, 0.2) is 0 Å². The van der Waals surface area contributed by atoms with Crippen molar-refractivity contribution in [3.8, 4) is 5.69 Å². The molecule has 0 saturated carbocycles. The number of halogens is 1. The number of carbonyl (C=O) groups is 1. The average molecular weight is 380 g/mol. The van der Waals surface area contributed by atoms with E-state index >= 15 is 4.39 Å². The summed E-state index contributed by atoms with van der Waals surface area (Å²) < 4.78 is 21.4. The second kappa shape index (κ2) is 7.76. The summed E-state index contributed by atoms with van der Waals surface area (Å²) in [5.74, 6) is -0.809. The van der Waals surface area contributed by atoms with Crippen LogP contribution in [0.15, 0.2) is 41.2 Å². The van der Waals surface area contributed by atoms with Gasteiger partial charge in [-0.05, 0) is 57.0 Å². The molecule has 0 aliphatic rings. The third kappa shape index (κ3) is 3.45. The van der Waals surface area contributed by atoms with Crippen molar-refractivity contribution >= 4 is 22.9 Å². The molecule has 0 saturated heterocycles. The molecule has 6 heteroatoms. The summed E-state index contributed by atoms with van der Waals surface area (Å²) in [5.41, 5.74) is 2.40. The fraction of sp³-hybridized carbons (Fsp3) is 0.227. The van der Waals surface area contributed by atoms with Gasteiger partial charge in [-0.1, -0.05) is 18.2 Å². The van der Waals surface area contributed by atoms with Crippen LogP contribution in [0, 0.1) is 26.6 Å². The SMILES string of the molecule is CCOC(=O)/C=C/c1ccc2nc(C)n(-c3c(C)cccc3C)c(=O)c2c1F. The molecule has 0 bridgehead atoms. The van der Waals surface area contributed by atoms with Gasteiger partial charge in [-0.3, -0.25) is 9.36 Å². The van der Waals surface area contributed by atoms with Crippen LogP contribution < -0.4 is 5.56 Å². The zero-order chi connectivity index (χ0) is 20.4. The van der Waals surface area contributed by atoms with Crippen molar-refractivity contribution in [3.05, 3.63) is 75.1 Å². The van der Waals surface area contributed by atoms with E-state index in [1.807, 2.05) is 32.0 Å². The first-order chi connectivity index (χ1) is 13.3. The molecule has 0 N–H and O–H groups in total. The van der Waals surface area contributed by atoms with E-state index in [4.69, 9.17) is 4.74 Å². The first-order valence-corrected chi connectivity index (χ1v) is 8.98. The van der Waals surface area contributed by atoms with Crippen LogP contribution in [0.3, 0.4) is 0 Å². The number of rotatable bonds is 4. The van der Waals surface area contributed by atoms with Crippen LogP contribution >= 0.6 is 0 Å². The maximum atomic E-state index is 15.1. The first-order valence-electron chi connectivity index (χ1n) is 8.98. The minimum Gasteiger partial charge on any atom is -0.463 e. The maximum absolute atomic E-state index is 15.1. The second-order valence-electron chi connectivity index (χ2n) is 6.49. The Labute approximate surface area is 162 Å². The number of esters is 1. The molecular weight excluding hydrogens is 359 g/mol. The topological polar surface area (TPSA) is 61.2 Å². The minimum atomic E-state index is -0.712. The Bertz CT molecular complexity index is 1140. The van der Waals surface area contributed by atoms with Crippen molar-refractivity contribution < 1.29 is 13.9 Å². The van der Waals surface area contributed by atoms with Gasteiger partial charge in [0.05, 0.1) is 17.8 Å². The predicted octanol–water partition coefficient (Wildman–Crippen LogP) is 4.03. The van der Waals surface area contributed by atoms with Crippen LogP contribution in [0.2, 0.25) is 0 Å². The molecular formula is C22H21FN2O3. The molecule has 0 atom stereocenters. The molecule has 0 unspecified atom stereocenters. The minimum absolute atomic E-state index is 0.112. The molecule has 1 aromatic heterocycles. The predicted molar refractivity (Wildman–Crippen MR) is 107 cm³/mol. The van der Waals surface area contributed by atoms with Gasteiger partial charge in [0.2, 0.25) is 0 Å². The van der Waals surface area contributed by atoms with Crippen molar-refractivity contribution in [2.24, 2.45) is 0 Å². The Morgan fingerprint density at radius 3 is 2.50 bits per heavy atom. The maximum Gasteiger partial charge on any atom is 0.330 e. The van der Waals surface area contributed by atoms with E-state index in [-0.39, 0.29) is 23.1 Å². The number of hydrogen-bond donors (Lipinski definition) is 0. The van der Waals surface area contributed by atoms with Crippen LogP contribution in [-0.4, -0.2) is 22.1 Å². The highest BCUT2D eigenvalue weighted by Crippen LogP contribution is 2.22. The highest BCUT2D eigenvalue weighted by molar-refractivity contribution is 5.89. The largest absolute Gasteiger partial charge is 0.463 e. The molecule has 0 aliphatic heterocycles. The highest BCUT2D eigenvalue weighted by Gasteiger charge is 2.17. The quantitative estimate of drug-likeness (QED) is 0.507. The average Bonchev–Trinajstić information content (AvgIpc) is 2.63. The third-order valence-corrected chi connectivity index (χ3v) is 4.52. The number of aromatic nitrogens is 2. The Hall–Kier alpha value is -3.28. The van der Waals surface area contributed by atoms with Crippen molar-refractivity contribution in [2.75, 3.05) is 6.61 Å². The van der Waals surface area contributed by atoms with Crippen molar-refractivity contribution in [3.63, 3.8) is 0 Å². The lowest BCUT2D eigenvalue weighted by Crippen LogP contribution is -2.24. The van der Waals surface area contributed by atoms with Gasteiger partial charge in [0.25, 0.3) is 5.56 Å². The summed E-state index contributed by atoms with van der Waals surface area (Å²) in [6, 6.07) is 8.76. The summed E-state index contributed by atoms with van der Waals surface area (Å²) in [6.07, 6.45) is 2.44. The lowest BCUT2D eigenvalue weighted by Gasteiger charge is -2.16. The van der Waals surface area contributed by atoms with Crippen LogP contribution in [-0.2, 0) is 9.53 Å². The molecule has 3 rings (SSSR count). The molecule has 0 radical (unpaired) electrons. The van der Waals surface area contributed by atoms with Gasteiger partial charge in [-0.2, -0.15) is 0 Å². The fourth-order valence-electron chi connectivity index (χ4n) is 3.26. The first kappa shape index (κ1) is 19.5. The number of aryl methyl sites for hydroxylation is 3. The van der Waals surface area contributed by atoms with Gasteiger partial charge in [0.1, 0.15) is 17.0 Å². The summed E-state index contributed by atoms with van der Waals surface area (Å²) in [6.45, 7) is 7.43. The van der Waals surface area contributed by atoms with Crippen molar-refractivity contribution in [1.29, 1.82) is 0 Å². The summed E-state index contributed by atoms with van der Waals surface area (Å²) in [4.78, 5) is 29.2. The Morgan fingerprint density at radius 2 is 1.86 bits per heavy atom. The monoisotopic (exact) mass is 380 g/mol. The van der Waals surface area contributed by atoms with E-state index in [0.29, 0.717) is 11.5 Å². The Morgan fingerprint density at radius 1 is 1.18 bits per heavy atom. The Kier molecular flexibility index (Phi) is 5.40. The van der Waals surface area contributed by atoms with Crippen LogP contribution in [0.5, 0.6) is 0 Å². The molecule has 28 heavy (non-hydrogen) atoms. The number of fused-ring (bicyclic) bond motifs is 1. The lowest BCUT2D eigenvalue weighted by molar-refractivity contribution is -0.137. The molecule has 1 heterocycles. The fourth-order valence-corrected chi connectivity index (χ4v) is 3.26. The van der Waals surface area contributed by atoms with Gasteiger partial charge in [0, 0.05) is 11.6 Å². The molecule has 0 spiro atoms. The molecule has 3 aromatic rings. The van der Waals surface area contributed by atoms with E-state index in [1.54, 1.807) is 19.9 Å². The third-order valence-electron chi connectivity index (χ3n) is 4.52. The van der Waals surface area contributed by atoms with E-state index in [2.05, 4.69) is 4.98 Å². The van der Waals surface area contributed by atoms with Crippen LogP contribution in [0.1, 0.15) is 29.4 Å². The summed E-state index contributed by atoms with van der Waals surface area (Å²) in [5, 5.41) is -0.112. The van der Waals surface area contributed by atoms with E-state index in [9.17, 15) is 9.59 Å². The zero-order valence-electron chi connectivity index (χ0n) is 16.2. The second-order valence-corrected chi connectivity index (χ2v) is 6.49. The van der Waals surface area contributed by atoms with Crippen molar-refractivity contribution in [1.82, 2.24) is 9.55 Å². The van der Waals surface area contributed by atoms with Gasteiger partial charge in [-0.15, -0.1) is 0 Å². The van der Waals surface area contributed by atoms with E-state index in [1.165, 1.54) is 16.7 Å². The summed E-state index contributed by atoms with van der Waals surface area (Å²) in [7, 11) is 0. The number of carbonyl (C=O) groups excluding carboxylic acids is 1. The number of para-hydroxylation sites is 1. The van der Waals surface area contributed by atoms with Gasteiger partial charge in [-0.25, -0.2) is 14.2 Å². The highest BCUT2D eigenvalue weighted by atomic mass is 19.1. The van der Waals surface area contributed by atoms with Crippen molar-refractivity contribution in [2.45, 2.75) is 27.7 Å². The molecule has 0 fully saturated rings. The zero-order valence-corrected chi connectivity index (χ0v) is 16.2. The molecule has 0 aliphatic carbocycles. The Balaban J connectivity index is 2.26. The molecule has 2 aromatic carbocycles. The number of ether oxygens (including phenoxy) is 1. The van der Waals surface area contributed by atoms with E-state index in [0.717, 1.165) is 17.2 Å². The number of benzene rings is 2. The summed E-state index contributed by atoms with van der Waals surface area (Å²) >= 11 is 0. The molecule has 144 valence electrons. The van der Waals surface area contributed by atoms with Crippen LogP contribution in [0.4, 0.5) is 4.39 Å².